The van der Waals surface area contributed by atoms with E-state index in [1.165, 1.54) is 0 Å². The number of rotatable bonds is 5. The molecule has 0 fully saturated rings. The van der Waals surface area contributed by atoms with Gasteiger partial charge in [-0.15, -0.1) is 0 Å². The molecule has 1 heterocycles. The van der Waals surface area contributed by atoms with Crippen molar-refractivity contribution in [1.82, 2.24) is 14.6 Å². The van der Waals surface area contributed by atoms with Crippen molar-refractivity contribution in [2.24, 2.45) is 0 Å². The molecule has 0 aliphatic heterocycles. The van der Waals surface area contributed by atoms with Crippen LogP contribution in [0.3, 0.4) is 0 Å². The van der Waals surface area contributed by atoms with Gasteiger partial charge < -0.3 is 10.6 Å². The van der Waals surface area contributed by atoms with Gasteiger partial charge in [-0.05, 0) is 21.0 Å². The van der Waals surface area contributed by atoms with E-state index < -0.39 is 10.0 Å². The first-order valence-electron chi connectivity index (χ1n) is 4.70. The summed E-state index contributed by atoms with van der Waals surface area (Å²) < 4.78 is 26.4. The third-order valence-electron chi connectivity index (χ3n) is 1.87. The zero-order valence-electron chi connectivity index (χ0n) is 9.52. The maximum Gasteiger partial charge on any atom is 0.252 e. The van der Waals surface area contributed by atoms with Crippen LogP contribution >= 0.6 is 11.3 Å². The van der Waals surface area contributed by atoms with Crippen molar-refractivity contribution in [3.8, 4) is 0 Å². The Balaban J connectivity index is 2.75. The summed E-state index contributed by atoms with van der Waals surface area (Å²) in [5.41, 5.74) is 5.90. The highest BCUT2D eigenvalue weighted by Crippen LogP contribution is 2.24. The average Bonchev–Trinajstić information content (AvgIpc) is 2.44. The van der Waals surface area contributed by atoms with Gasteiger partial charge in [0.15, 0.2) is 9.34 Å². The Bertz CT molecular complexity index is 453. The maximum atomic E-state index is 11.8. The molecule has 0 unspecified atom stereocenters. The first kappa shape index (κ1) is 13.4. The molecule has 0 bridgehead atoms. The van der Waals surface area contributed by atoms with E-state index in [1.807, 2.05) is 19.0 Å². The van der Waals surface area contributed by atoms with Crippen molar-refractivity contribution in [1.29, 1.82) is 0 Å². The van der Waals surface area contributed by atoms with Crippen molar-refractivity contribution in [2.45, 2.75) is 11.1 Å². The number of nitrogens with two attached hydrogens (primary N) is 1. The molecule has 92 valence electrons. The van der Waals surface area contributed by atoms with Crippen LogP contribution in [0.4, 0.5) is 5.13 Å². The number of nitrogen functional groups attached to an aromatic ring is 1. The lowest BCUT2D eigenvalue weighted by atomic mass is 10.6. The molecule has 1 aromatic heterocycles. The van der Waals surface area contributed by atoms with E-state index in [2.05, 4.69) is 9.71 Å². The summed E-state index contributed by atoms with van der Waals surface area (Å²) in [6.07, 6.45) is 0. The van der Waals surface area contributed by atoms with Crippen LogP contribution in [0.5, 0.6) is 0 Å². The lowest BCUT2D eigenvalue weighted by Gasteiger charge is -2.10. The molecule has 1 aromatic rings. The molecule has 0 saturated heterocycles. The Morgan fingerprint density at radius 2 is 2.12 bits per heavy atom. The molecule has 1 rings (SSSR count). The highest BCUT2D eigenvalue weighted by Gasteiger charge is 2.20. The van der Waals surface area contributed by atoms with Gasteiger partial charge in [0.2, 0.25) is 0 Å². The number of hydrogen-bond donors (Lipinski definition) is 2. The molecule has 16 heavy (non-hydrogen) atoms. The monoisotopic (exact) mass is 264 g/mol. The van der Waals surface area contributed by atoms with Crippen LogP contribution in [-0.2, 0) is 10.0 Å². The molecular weight excluding hydrogens is 248 g/mol. The molecule has 0 aromatic carbocycles. The van der Waals surface area contributed by atoms with Gasteiger partial charge in [0.25, 0.3) is 10.0 Å². The topological polar surface area (TPSA) is 88.3 Å². The fraction of sp³-hybridized carbons (Fsp3) is 0.625. The van der Waals surface area contributed by atoms with Crippen molar-refractivity contribution < 1.29 is 8.42 Å². The normalized spacial score (nSPS) is 12.2. The summed E-state index contributed by atoms with van der Waals surface area (Å²) in [4.78, 5) is 5.79. The Kier molecular flexibility index (Phi) is 4.25. The van der Waals surface area contributed by atoms with Crippen LogP contribution in [0.15, 0.2) is 4.21 Å². The summed E-state index contributed by atoms with van der Waals surface area (Å²) in [5, 5.41) is 0.269. The molecule has 0 aliphatic rings. The second kappa shape index (κ2) is 5.09. The quantitative estimate of drug-likeness (QED) is 0.773. The zero-order chi connectivity index (χ0) is 12.3. The summed E-state index contributed by atoms with van der Waals surface area (Å²) in [6.45, 7) is 2.65. The average molecular weight is 264 g/mol. The standard InChI is InChI=1S/C8H16N4O2S2/c1-6-7(15-8(9)11-6)16(13,14)10-4-5-12(2)3/h10H,4-5H2,1-3H3,(H2,9,11). The molecule has 0 saturated carbocycles. The van der Waals surface area contributed by atoms with Crippen LogP contribution in [-0.4, -0.2) is 45.5 Å². The maximum absolute atomic E-state index is 11.8. The highest BCUT2D eigenvalue weighted by molar-refractivity contribution is 7.91. The smallest absolute Gasteiger partial charge is 0.252 e. The SMILES string of the molecule is Cc1nc(N)sc1S(=O)(=O)NCCN(C)C. The van der Waals surface area contributed by atoms with Crippen LogP contribution in [0.2, 0.25) is 0 Å². The third kappa shape index (κ3) is 3.41. The second-order valence-corrected chi connectivity index (χ2v) is 6.62. The van der Waals surface area contributed by atoms with Crippen LogP contribution < -0.4 is 10.5 Å². The van der Waals surface area contributed by atoms with E-state index in [9.17, 15) is 8.42 Å². The fourth-order valence-electron chi connectivity index (χ4n) is 1.12. The lowest BCUT2D eigenvalue weighted by Crippen LogP contribution is -2.31. The van der Waals surface area contributed by atoms with Gasteiger partial charge in [-0.3, -0.25) is 0 Å². The third-order valence-corrected chi connectivity index (χ3v) is 4.92. The molecule has 0 spiro atoms. The highest BCUT2D eigenvalue weighted by atomic mass is 32.2. The molecule has 8 heteroatoms. The minimum Gasteiger partial charge on any atom is -0.375 e. The molecule has 6 nitrogen and oxygen atoms in total. The first-order valence-corrected chi connectivity index (χ1v) is 7.00. The van der Waals surface area contributed by atoms with E-state index in [4.69, 9.17) is 5.73 Å². The van der Waals surface area contributed by atoms with Gasteiger partial charge in [0, 0.05) is 13.1 Å². The van der Waals surface area contributed by atoms with Gasteiger partial charge in [-0.1, -0.05) is 11.3 Å². The largest absolute Gasteiger partial charge is 0.375 e. The molecule has 0 aliphatic carbocycles. The molecular formula is C8H16N4O2S2. The molecule has 0 atom stereocenters. The summed E-state index contributed by atoms with van der Waals surface area (Å²) in [7, 11) is 0.292. The Morgan fingerprint density at radius 3 is 2.56 bits per heavy atom. The minimum atomic E-state index is -3.47. The van der Waals surface area contributed by atoms with Gasteiger partial charge in [0.1, 0.15) is 0 Å². The fourth-order valence-corrected chi connectivity index (χ4v) is 3.48. The van der Waals surface area contributed by atoms with Crippen molar-refractivity contribution >= 4 is 26.5 Å². The summed E-state index contributed by atoms with van der Waals surface area (Å²) >= 11 is 0.983. The van der Waals surface area contributed by atoms with E-state index >= 15 is 0 Å². The molecule has 0 amide bonds. The number of sulfonamides is 1. The minimum absolute atomic E-state index is 0.198. The summed E-state index contributed by atoms with van der Waals surface area (Å²) in [6, 6.07) is 0. The number of nitrogens with one attached hydrogen (secondary N) is 1. The van der Waals surface area contributed by atoms with E-state index in [-0.39, 0.29) is 9.34 Å². The van der Waals surface area contributed by atoms with Crippen molar-refractivity contribution in [3.63, 3.8) is 0 Å². The van der Waals surface area contributed by atoms with E-state index in [0.29, 0.717) is 18.8 Å². The lowest BCUT2D eigenvalue weighted by molar-refractivity contribution is 0.412. The number of nitrogens with zero attached hydrogens (tertiary/aromatic N) is 2. The van der Waals surface area contributed by atoms with Gasteiger partial charge in [0.05, 0.1) is 5.69 Å². The van der Waals surface area contributed by atoms with Crippen molar-refractivity contribution in [2.75, 3.05) is 32.9 Å². The van der Waals surface area contributed by atoms with Gasteiger partial charge in [-0.2, -0.15) is 0 Å². The Labute approximate surface area is 99.5 Å². The van der Waals surface area contributed by atoms with Crippen LogP contribution in [0.1, 0.15) is 5.69 Å². The predicted octanol–water partition coefficient (Wildman–Crippen LogP) is -0.126. The number of hydrogen-bond acceptors (Lipinski definition) is 6. The number of aryl methyl sites for hydroxylation is 1. The van der Waals surface area contributed by atoms with Gasteiger partial charge >= 0.3 is 0 Å². The van der Waals surface area contributed by atoms with E-state index in [1.54, 1.807) is 6.92 Å². The summed E-state index contributed by atoms with van der Waals surface area (Å²) in [5.74, 6) is 0. The number of thiazole rings is 1. The first-order chi connectivity index (χ1) is 7.33. The molecule has 0 radical (unpaired) electrons. The number of anilines is 1. The Hall–Kier alpha value is -0.700. The van der Waals surface area contributed by atoms with Gasteiger partial charge in [-0.25, -0.2) is 18.1 Å². The second-order valence-electron chi connectivity index (χ2n) is 3.63. The number of aromatic nitrogens is 1. The predicted molar refractivity (Wildman–Crippen MR) is 65.0 cm³/mol. The van der Waals surface area contributed by atoms with Crippen molar-refractivity contribution in [3.05, 3.63) is 5.69 Å². The van der Waals surface area contributed by atoms with Crippen LogP contribution in [0, 0.1) is 6.92 Å². The Morgan fingerprint density at radius 1 is 1.50 bits per heavy atom. The zero-order valence-corrected chi connectivity index (χ0v) is 11.2. The van der Waals surface area contributed by atoms with E-state index in [0.717, 1.165) is 11.3 Å². The molecule has 3 N–H and O–H groups in total. The van der Waals surface area contributed by atoms with Crippen LogP contribution in [0.25, 0.3) is 0 Å². The number of likely N-dealkylation sites (N-methyl/N-ethyl adjacent to an activating group) is 1.